The van der Waals surface area contributed by atoms with E-state index in [4.69, 9.17) is 4.74 Å². The van der Waals surface area contributed by atoms with Gasteiger partial charge in [-0.15, -0.1) is 10.2 Å². The fraction of sp³-hybridized carbons (Fsp3) is 0.286. The third-order valence-corrected chi connectivity index (χ3v) is 5.69. The number of halogens is 3. The summed E-state index contributed by atoms with van der Waals surface area (Å²) in [6.45, 7) is 5.65. The zero-order valence-corrected chi connectivity index (χ0v) is 19.5. The fourth-order valence-corrected chi connectivity index (χ4v) is 4.05. The zero-order valence-electron chi connectivity index (χ0n) is 17.1. The second kappa shape index (κ2) is 10.2. The van der Waals surface area contributed by atoms with Crippen molar-refractivity contribution in [2.24, 2.45) is 0 Å². The van der Waals surface area contributed by atoms with E-state index in [9.17, 15) is 13.6 Å². The van der Waals surface area contributed by atoms with Crippen molar-refractivity contribution in [3.8, 4) is 5.75 Å². The van der Waals surface area contributed by atoms with Crippen LogP contribution >= 0.6 is 27.7 Å². The third kappa shape index (κ3) is 5.82. The van der Waals surface area contributed by atoms with Crippen LogP contribution in [-0.4, -0.2) is 26.4 Å². The van der Waals surface area contributed by atoms with Crippen LogP contribution in [0.5, 0.6) is 5.75 Å². The minimum absolute atomic E-state index is 0.0168. The smallest absolute Gasteiger partial charge is 0.234 e. The van der Waals surface area contributed by atoms with Crippen molar-refractivity contribution >= 4 is 39.3 Å². The molecule has 3 rings (SSSR count). The maximum Gasteiger partial charge on any atom is 0.234 e. The van der Waals surface area contributed by atoms with Gasteiger partial charge in [-0.25, -0.2) is 8.78 Å². The molecule has 3 aromatic rings. The van der Waals surface area contributed by atoms with Gasteiger partial charge in [0.05, 0.1) is 11.4 Å². The van der Waals surface area contributed by atoms with Crippen molar-refractivity contribution < 1.29 is 18.3 Å². The molecule has 10 heteroatoms. The largest absolute Gasteiger partial charge is 0.480 e. The van der Waals surface area contributed by atoms with Crippen LogP contribution in [-0.2, 0) is 4.79 Å². The van der Waals surface area contributed by atoms with Crippen LogP contribution in [0.4, 0.5) is 14.5 Å². The van der Waals surface area contributed by atoms with Crippen molar-refractivity contribution in [1.82, 2.24) is 14.8 Å². The van der Waals surface area contributed by atoms with Crippen molar-refractivity contribution in [3.63, 3.8) is 0 Å². The molecule has 0 bridgehead atoms. The third-order valence-electron chi connectivity index (χ3n) is 4.25. The van der Waals surface area contributed by atoms with Gasteiger partial charge in [0.2, 0.25) is 5.91 Å². The Hall–Kier alpha value is -2.46. The average Bonchev–Trinajstić information content (AvgIpc) is 3.15. The first-order valence-electron chi connectivity index (χ1n) is 9.50. The van der Waals surface area contributed by atoms with Crippen molar-refractivity contribution in [2.75, 3.05) is 11.1 Å². The highest BCUT2D eigenvalue weighted by molar-refractivity contribution is 9.10. The first kappa shape index (κ1) is 23.2. The topological polar surface area (TPSA) is 69.0 Å². The lowest BCUT2D eigenvalue weighted by Gasteiger charge is -2.19. The number of para-hydroxylation sites is 1. The van der Waals surface area contributed by atoms with Gasteiger partial charge in [0.1, 0.15) is 5.82 Å². The average molecular weight is 511 g/mol. The molecule has 0 aliphatic heterocycles. The van der Waals surface area contributed by atoms with Gasteiger partial charge in [0.15, 0.2) is 28.7 Å². The Kier molecular flexibility index (Phi) is 7.66. The number of hydrogen-bond acceptors (Lipinski definition) is 5. The van der Waals surface area contributed by atoms with Crippen LogP contribution in [0.15, 0.2) is 52.1 Å². The molecule has 1 unspecified atom stereocenters. The van der Waals surface area contributed by atoms with Crippen LogP contribution in [0, 0.1) is 11.6 Å². The lowest BCUT2D eigenvalue weighted by Crippen LogP contribution is -2.17. The summed E-state index contributed by atoms with van der Waals surface area (Å²) in [5.41, 5.74) is 0.103. The minimum Gasteiger partial charge on any atom is -0.480 e. The van der Waals surface area contributed by atoms with Crippen molar-refractivity contribution in [2.45, 2.75) is 38.1 Å². The summed E-state index contributed by atoms with van der Waals surface area (Å²) in [5.74, 6) is -0.709. The van der Waals surface area contributed by atoms with Crippen LogP contribution in [0.25, 0.3) is 0 Å². The molecular weight excluding hydrogens is 490 g/mol. The summed E-state index contributed by atoms with van der Waals surface area (Å²) in [6.07, 6.45) is -0.563. The number of aromatic nitrogens is 3. The molecule has 0 spiro atoms. The number of nitrogens with zero attached hydrogens (tertiary/aromatic N) is 3. The lowest BCUT2D eigenvalue weighted by molar-refractivity contribution is -0.113. The van der Waals surface area contributed by atoms with Gasteiger partial charge in [0, 0.05) is 10.5 Å². The summed E-state index contributed by atoms with van der Waals surface area (Å²) in [5, 5.41) is 11.4. The number of benzene rings is 2. The number of thioether (sulfide) groups is 1. The van der Waals surface area contributed by atoms with Crippen LogP contribution in [0.3, 0.4) is 0 Å². The van der Waals surface area contributed by atoms with Crippen LogP contribution < -0.4 is 10.1 Å². The number of hydrogen-bond donors (Lipinski definition) is 1. The van der Waals surface area contributed by atoms with Gasteiger partial charge in [0.25, 0.3) is 0 Å². The number of carbonyl (C=O) groups excluding carboxylic acids is 1. The van der Waals surface area contributed by atoms with Gasteiger partial charge in [-0.1, -0.05) is 39.8 Å². The number of rotatable bonds is 8. The second-order valence-corrected chi connectivity index (χ2v) is 8.81. The summed E-state index contributed by atoms with van der Waals surface area (Å²) < 4.78 is 36.0. The predicted octanol–water partition coefficient (Wildman–Crippen LogP) is 5.77. The van der Waals surface area contributed by atoms with Gasteiger partial charge in [-0.2, -0.15) is 0 Å². The van der Waals surface area contributed by atoms with Crippen LogP contribution in [0.2, 0.25) is 0 Å². The molecule has 1 amide bonds. The van der Waals surface area contributed by atoms with Crippen LogP contribution in [0.1, 0.15) is 38.7 Å². The number of amides is 1. The molecule has 0 aliphatic carbocycles. The molecular formula is C21H21BrF2N4O2S. The molecule has 0 saturated carbocycles. The molecule has 0 aliphatic rings. The maximum absolute atomic E-state index is 13.9. The first-order valence-corrected chi connectivity index (χ1v) is 11.3. The van der Waals surface area contributed by atoms with E-state index < -0.39 is 17.7 Å². The number of ether oxygens (including phenoxy) is 1. The van der Waals surface area contributed by atoms with E-state index in [1.165, 1.54) is 30.0 Å². The molecule has 6 nitrogen and oxygen atoms in total. The Bertz CT molecular complexity index is 1080. The Morgan fingerprint density at radius 1 is 1.16 bits per heavy atom. The first-order chi connectivity index (χ1) is 14.8. The van der Waals surface area contributed by atoms with E-state index >= 15 is 0 Å². The number of carbonyl (C=O) groups is 1. The monoisotopic (exact) mass is 510 g/mol. The molecule has 1 heterocycles. The van der Waals surface area contributed by atoms with Crippen molar-refractivity contribution in [3.05, 3.63) is 64.4 Å². The summed E-state index contributed by atoms with van der Waals surface area (Å²) in [7, 11) is 0. The molecule has 2 aromatic carbocycles. The molecule has 164 valence electrons. The van der Waals surface area contributed by atoms with E-state index in [-0.39, 0.29) is 29.1 Å². The molecule has 31 heavy (non-hydrogen) atoms. The highest BCUT2D eigenvalue weighted by Gasteiger charge is 2.23. The maximum atomic E-state index is 13.9. The van der Waals surface area contributed by atoms with Gasteiger partial charge >= 0.3 is 0 Å². The highest BCUT2D eigenvalue weighted by atomic mass is 79.9. The van der Waals surface area contributed by atoms with Gasteiger partial charge < -0.3 is 14.6 Å². The summed E-state index contributed by atoms with van der Waals surface area (Å²) >= 11 is 4.35. The van der Waals surface area contributed by atoms with Crippen molar-refractivity contribution in [1.29, 1.82) is 0 Å². The van der Waals surface area contributed by atoms with E-state index in [0.29, 0.717) is 15.5 Å². The Balaban J connectivity index is 1.70. The Labute approximate surface area is 191 Å². The number of nitrogens with one attached hydrogen (secondary N) is 1. The summed E-state index contributed by atoms with van der Waals surface area (Å²) in [6, 6.07) is 10.5. The van der Waals surface area contributed by atoms with E-state index in [1.807, 2.05) is 18.4 Å². The molecule has 1 aromatic heterocycles. The Morgan fingerprint density at radius 3 is 2.58 bits per heavy atom. The van der Waals surface area contributed by atoms with E-state index in [2.05, 4.69) is 31.4 Å². The molecule has 1 atom stereocenters. The van der Waals surface area contributed by atoms with E-state index in [0.717, 1.165) is 0 Å². The van der Waals surface area contributed by atoms with Gasteiger partial charge in [-0.3, -0.25) is 4.79 Å². The predicted molar refractivity (Wildman–Crippen MR) is 119 cm³/mol. The lowest BCUT2D eigenvalue weighted by atomic mass is 10.3. The molecule has 0 radical (unpaired) electrons. The summed E-state index contributed by atoms with van der Waals surface area (Å²) in [4.78, 5) is 12.3. The number of anilines is 1. The minimum atomic E-state index is -0.563. The fourth-order valence-electron chi connectivity index (χ4n) is 2.84. The SMILES string of the molecule is CC(Oc1ccccc1F)c1nnc(SCC(=O)Nc2ccc(Br)cc2F)n1C(C)C. The highest BCUT2D eigenvalue weighted by Crippen LogP contribution is 2.29. The van der Waals surface area contributed by atoms with Gasteiger partial charge in [-0.05, 0) is 51.1 Å². The second-order valence-electron chi connectivity index (χ2n) is 6.96. The molecule has 1 N–H and O–H groups in total. The zero-order chi connectivity index (χ0) is 22.5. The quantitative estimate of drug-likeness (QED) is 0.389. The normalized spacial score (nSPS) is 12.1. The Morgan fingerprint density at radius 2 is 1.90 bits per heavy atom. The molecule has 0 saturated heterocycles. The standard InChI is InChI=1S/C21H21BrF2N4O2S/c1-12(2)28-20(13(3)30-18-7-5-4-6-15(18)23)26-27-21(28)31-11-19(29)25-17-9-8-14(22)10-16(17)24/h4-10,12-13H,11H2,1-3H3,(H,25,29). The molecule has 0 fully saturated rings. The van der Waals surface area contributed by atoms with E-state index in [1.54, 1.807) is 31.2 Å².